The van der Waals surface area contributed by atoms with E-state index >= 15 is 0 Å². The van der Waals surface area contributed by atoms with Crippen LogP contribution in [0.2, 0.25) is 0 Å². The van der Waals surface area contributed by atoms with Crippen molar-refractivity contribution in [2.45, 2.75) is 46.3 Å². The van der Waals surface area contributed by atoms with Gasteiger partial charge in [-0.05, 0) is 63.2 Å². The van der Waals surface area contributed by atoms with Crippen LogP contribution < -0.4 is 21.1 Å². The number of amides is 1. The second kappa shape index (κ2) is 9.12. The molecule has 2 rings (SSSR count). The van der Waals surface area contributed by atoms with Crippen LogP contribution in [0.1, 0.15) is 31.4 Å². The molecular formula is C18H29N4O2S+. The van der Waals surface area contributed by atoms with Crippen LogP contribution in [0.25, 0.3) is 0 Å². The maximum absolute atomic E-state index is 12.0. The average Bonchev–Trinajstić information content (AvgIpc) is 2.49. The fraction of sp³-hybridized carbons (Fsp3) is 0.556. The molecule has 0 aromatic heterocycles. The molecule has 1 saturated heterocycles. The van der Waals surface area contributed by atoms with Gasteiger partial charge >= 0.3 is 0 Å². The highest BCUT2D eigenvalue weighted by atomic mass is 32.1. The zero-order valence-corrected chi connectivity index (χ0v) is 16.3. The third-order valence-corrected chi connectivity index (χ3v) is 4.32. The zero-order valence-electron chi connectivity index (χ0n) is 15.4. The molecule has 0 radical (unpaired) electrons. The molecule has 0 spiro atoms. The number of nitrogens with one attached hydrogen (secondary N) is 4. The standard InChI is InChI=1S/C18H28N4O2S/c1-12-7-13(2)9-16(8-12)19-18(25)21-20-17(23)5-6-22-10-14(3)24-15(4)11-22/h7-9,14-15H,5-6,10-11H2,1-4H3,(H,20,23)(H2,19,21,25)/p+1/t14-,15+. The van der Waals surface area contributed by atoms with Gasteiger partial charge in [0.1, 0.15) is 25.3 Å². The van der Waals surface area contributed by atoms with Gasteiger partial charge in [0.15, 0.2) is 5.11 Å². The van der Waals surface area contributed by atoms with Crippen LogP contribution in [-0.2, 0) is 9.53 Å². The monoisotopic (exact) mass is 365 g/mol. The van der Waals surface area contributed by atoms with E-state index in [2.05, 4.69) is 36.1 Å². The number of hydrogen-bond donors (Lipinski definition) is 4. The normalized spacial score (nSPS) is 23.0. The highest BCUT2D eigenvalue weighted by Gasteiger charge is 2.25. The smallest absolute Gasteiger partial charge is 0.244 e. The molecule has 1 heterocycles. The topological polar surface area (TPSA) is 66.8 Å². The van der Waals surface area contributed by atoms with Crippen LogP contribution in [-0.4, -0.2) is 42.9 Å². The first-order chi connectivity index (χ1) is 11.8. The predicted octanol–water partition coefficient (Wildman–Crippen LogP) is 0.703. The Morgan fingerprint density at radius 3 is 2.36 bits per heavy atom. The maximum Gasteiger partial charge on any atom is 0.244 e. The van der Waals surface area contributed by atoms with Gasteiger partial charge in [-0.15, -0.1) is 0 Å². The number of quaternary nitrogens is 1. The summed E-state index contributed by atoms with van der Waals surface area (Å²) in [6.07, 6.45) is 0.942. The largest absolute Gasteiger partial charge is 0.364 e. The molecule has 1 amide bonds. The molecule has 0 saturated carbocycles. The van der Waals surface area contributed by atoms with Crippen LogP contribution in [0.3, 0.4) is 0 Å². The van der Waals surface area contributed by atoms with Crippen molar-refractivity contribution in [3.05, 3.63) is 29.3 Å². The minimum absolute atomic E-state index is 0.0659. The fourth-order valence-electron chi connectivity index (χ4n) is 3.28. The van der Waals surface area contributed by atoms with Crippen molar-refractivity contribution < 1.29 is 14.4 Å². The van der Waals surface area contributed by atoms with Gasteiger partial charge in [0.2, 0.25) is 5.91 Å². The number of hydrogen-bond acceptors (Lipinski definition) is 3. The van der Waals surface area contributed by atoms with Gasteiger partial charge in [0.25, 0.3) is 0 Å². The van der Waals surface area contributed by atoms with E-state index in [0.29, 0.717) is 11.5 Å². The highest BCUT2D eigenvalue weighted by Crippen LogP contribution is 2.13. The SMILES string of the molecule is Cc1cc(C)cc(NC(=S)NNC(=O)CC[NH+]2C[C@@H](C)O[C@@H](C)C2)c1. The summed E-state index contributed by atoms with van der Waals surface area (Å²) in [5.74, 6) is -0.0659. The number of aryl methyl sites for hydroxylation is 2. The van der Waals surface area contributed by atoms with E-state index in [1.54, 1.807) is 0 Å². The zero-order chi connectivity index (χ0) is 18.4. The molecule has 1 fully saturated rings. The molecule has 6 nitrogen and oxygen atoms in total. The summed E-state index contributed by atoms with van der Waals surface area (Å²) in [4.78, 5) is 13.4. The Morgan fingerprint density at radius 1 is 1.16 bits per heavy atom. The van der Waals surface area contributed by atoms with E-state index in [1.807, 2.05) is 26.0 Å². The molecule has 0 aliphatic carbocycles. The maximum atomic E-state index is 12.0. The van der Waals surface area contributed by atoms with E-state index < -0.39 is 0 Å². The lowest BCUT2D eigenvalue weighted by atomic mass is 10.1. The first kappa shape index (κ1) is 19.6. The number of thiocarbonyl (C=S) groups is 1. The molecule has 1 aliphatic rings. The first-order valence-electron chi connectivity index (χ1n) is 8.75. The fourth-order valence-corrected chi connectivity index (χ4v) is 3.45. The third kappa shape index (κ3) is 6.97. The molecule has 1 aliphatic heterocycles. The molecular weight excluding hydrogens is 336 g/mol. The Bertz CT molecular complexity index is 593. The minimum atomic E-state index is -0.0659. The predicted molar refractivity (Wildman–Crippen MR) is 104 cm³/mol. The number of hydrazine groups is 1. The van der Waals surface area contributed by atoms with Crippen LogP contribution >= 0.6 is 12.2 Å². The Labute approximate surface area is 155 Å². The molecule has 1 aromatic rings. The molecule has 0 bridgehead atoms. The number of carbonyl (C=O) groups is 1. The van der Waals surface area contributed by atoms with Gasteiger partial charge in [0, 0.05) is 5.69 Å². The highest BCUT2D eigenvalue weighted by molar-refractivity contribution is 7.80. The number of carbonyl (C=O) groups excluding carboxylic acids is 1. The van der Waals surface area contributed by atoms with Gasteiger partial charge in [-0.2, -0.15) is 0 Å². The summed E-state index contributed by atoms with van der Waals surface area (Å²) in [5.41, 5.74) is 8.64. The van der Waals surface area contributed by atoms with Crippen molar-refractivity contribution in [1.82, 2.24) is 10.9 Å². The van der Waals surface area contributed by atoms with Crippen molar-refractivity contribution >= 4 is 28.9 Å². The van der Waals surface area contributed by atoms with Crippen LogP contribution in [0.4, 0.5) is 5.69 Å². The van der Waals surface area contributed by atoms with E-state index in [4.69, 9.17) is 17.0 Å². The minimum Gasteiger partial charge on any atom is -0.364 e. The molecule has 1 aromatic carbocycles. The van der Waals surface area contributed by atoms with Crippen molar-refractivity contribution in [3.8, 4) is 0 Å². The van der Waals surface area contributed by atoms with Gasteiger partial charge < -0.3 is 15.0 Å². The summed E-state index contributed by atoms with van der Waals surface area (Å²) in [7, 11) is 0. The Morgan fingerprint density at radius 2 is 1.76 bits per heavy atom. The van der Waals surface area contributed by atoms with Crippen molar-refractivity contribution in [1.29, 1.82) is 0 Å². The number of ether oxygens (including phenoxy) is 1. The molecule has 25 heavy (non-hydrogen) atoms. The van der Waals surface area contributed by atoms with Crippen LogP contribution in [0, 0.1) is 13.8 Å². The average molecular weight is 366 g/mol. The van der Waals surface area contributed by atoms with E-state index in [9.17, 15) is 4.79 Å². The summed E-state index contributed by atoms with van der Waals surface area (Å²) in [6, 6.07) is 6.11. The van der Waals surface area contributed by atoms with Crippen molar-refractivity contribution in [3.63, 3.8) is 0 Å². The van der Waals surface area contributed by atoms with Gasteiger partial charge in [-0.1, -0.05) is 6.07 Å². The Hall–Kier alpha value is -1.70. The van der Waals surface area contributed by atoms with Gasteiger partial charge in [0.05, 0.1) is 13.0 Å². The van der Waals surface area contributed by atoms with Crippen molar-refractivity contribution in [2.75, 3.05) is 25.0 Å². The number of anilines is 1. The molecule has 7 heteroatoms. The lowest BCUT2D eigenvalue weighted by molar-refractivity contribution is -0.914. The number of benzene rings is 1. The Kier molecular flexibility index (Phi) is 7.16. The van der Waals surface area contributed by atoms with Crippen molar-refractivity contribution in [2.24, 2.45) is 0 Å². The second-order valence-corrected chi connectivity index (χ2v) is 7.33. The quantitative estimate of drug-likeness (QED) is 0.467. The van der Waals surface area contributed by atoms with E-state index in [-0.39, 0.29) is 18.1 Å². The summed E-state index contributed by atoms with van der Waals surface area (Å²) in [5, 5.41) is 3.45. The lowest BCUT2D eigenvalue weighted by Gasteiger charge is -2.32. The van der Waals surface area contributed by atoms with E-state index in [1.165, 1.54) is 4.90 Å². The van der Waals surface area contributed by atoms with Gasteiger partial charge in [-0.25, -0.2) is 0 Å². The van der Waals surface area contributed by atoms with Gasteiger partial charge in [-0.3, -0.25) is 15.6 Å². The summed E-state index contributed by atoms with van der Waals surface area (Å²) in [6.45, 7) is 10.9. The van der Waals surface area contributed by atoms with Crippen LogP contribution in [0.15, 0.2) is 18.2 Å². The number of rotatable bonds is 4. The third-order valence-electron chi connectivity index (χ3n) is 4.12. The second-order valence-electron chi connectivity index (χ2n) is 6.92. The Balaban J connectivity index is 1.69. The van der Waals surface area contributed by atoms with E-state index in [0.717, 1.165) is 36.4 Å². The first-order valence-corrected chi connectivity index (χ1v) is 9.16. The molecule has 138 valence electrons. The van der Waals surface area contributed by atoms with Crippen LogP contribution in [0.5, 0.6) is 0 Å². The summed E-state index contributed by atoms with van der Waals surface area (Å²) < 4.78 is 5.72. The molecule has 1 unspecified atom stereocenters. The number of morpholine rings is 1. The molecule has 3 atom stereocenters. The summed E-state index contributed by atoms with van der Waals surface area (Å²) >= 11 is 5.22. The lowest BCUT2D eigenvalue weighted by Crippen LogP contribution is -3.15. The molecule has 4 N–H and O–H groups in total.